The van der Waals surface area contributed by atoms with E-state index in [9.17, 15) is 14.4 Å². The van der Waals surface area contributed by atoms with Crippen LogP contribution < -0.4 is 0 Å². The molecule has 2 rings (SSSR count). The largest absolute Gasteiger partial charge is 0.480 e. The second kappa shape index (κ2) is 3.85. The molecule has 5 nitrogen and oxygen atoms in total. The van der Waals surface area contributed by atoms with Gasteiger partial charge in [0.2, 0.25) is 0 Å². The maximum atomic E-state index is 11.9. The highest BCUT2D eigenvalue weighted by molar-refractivity contribution is 6.32. The van der Waals surface area contributed by atoms with Crippen molar-refractivity contribution in [2.75, 3.05) is 0 Å². The summed E-state index contributed by atoms with van der Waals surface area (Å²) < 4.78 is 0. The molecule has 0 bridgehead atoms. The monoisotopic (exact) mass is 253 g/mol. The van der Waals surface area contributed by atoms with Crippen molar-refractivity contribution >= 4 is 29.4 Å². The number of carbonyl (C=O) groups is 3. The Labute approximate surface area is 102 Å². The Morgan fingerprint density at radius 2 is 1.88 bits per heavy atom. The topological polar surface area (TPSA) is 74.7 Å². The molecular weight excluding hydrogens is 246 g/mol. The van der Waals surface area contributed by atoms with Crippen molar-refractivity contribution in [2.45, 2.75) is 13.0 Å². The van der Waals surface area contributed by atoms with Gasteiger partial charge in [-0.3, -0.25) is 14.5 Å². The first-order valence-electron chi connectivity index (χ1n) is 4.83. The fourth-order valence-electron chi connectivity index (χ4n) is 1.69. The van der Waals surface area contributed by atoms with Gasteiger partial charge in [0.15, 0.2) is 0 Å². The smallest absolute Gasteiger partial charge is 0.326 e. The molecule has 1 aliphatic rings. The highest BCUT2D eigenvalue weighted by Crippen LogP contribution is 2.27. The Hall–Kier alpha value is -1.88. The number of amides is 2. The second-order valence-corrected chi connectivity index (χ2v) is 4.12. The summed E-state index contributed by atoms with van der Waals surface area (Å²) in [7, 11) is 0. The number of imide groups is 1. The number of nitrogens with zero attached hydrogens (tertiary/aromatic N) is 1. The van der Waals surface area contributed by atoms with Crippen molar-refractivity contribution in [1.82, 2.24) is 4.90 Å². The average molecular weight is 254 g/mol. The van der Waals surface area contributed by atoms with Crippen LogP contribution in [0, 0.1) is 0 Å². The molecule has 17 heavy (non-hydrogen) atoms. The number of halogens is 1. The van der Waals surface area contributed by atoms with Crippen LogP contribution in [0.3, 0.4) is 0 Å². The Morgan fingerprint density at radius 3 is 2.47 bits per heavy atom. The molecule has 0 spiro atoms. The molecule has 0 aliphatic carbocycles. The van der Waals surface area contributed by atoms with E-state index in [1.165, 1.54) is 25.1 Å². The van der Waals surface area contributed by atoms with E-state index in [-0.39, 0.29) is 11.1 Å². The number of carboxylic acids is 1. The average Bonchev–Trinajstić information content (AvgIpc) is 2.50. The van der Waals surface area contributed by atoms with Crippen molar-refractivity contribution in [3.05, 3.63) is 34.3 Å². The minimum atomic E-state index is -1.23. The summed E-state index contributed by atoms with van der Waals surface area (Å²) in [6.07, 6.45) is 0. The number of fused-ring (bicyclic) bond motifs is 1. The summed E-state index contributed by atoms with van der Waals surface area (Å²) in [6, 6.07) is 3.08. The lowest BCUT2D eigenvalue weighted by Crippen LogP contribution is -2.42. The third-order valence-electron chi connectivity index (χ3n) is 2.62. The summed E-state index contributed by atoms with van der Waals surface area (Å²) >= 11 is 5.73. The zero-order valence-corrected chi connectivity index (χ0v) is 9.56. The number of hydrogen-bond acceptors (Lipinski definition) is 3. The quantitative estimate of drug-likeness (QED) is 0.809. The summed E-state index contributed by atoms with van der Waals surface area (Å²) in [5, 5.41) is 9.17. The van der Waals surface area contributed by atoms with E-state index in [1.807, 2.05) is 0 Å². The first-order valence-corrected chi connectivity index (χ1v) is 5.21. The van der Waals surface area contributed by atoms with Gasteiger partial charge in [0.25, 0.3) is 11.8 Å². The second-order valence-electron chi connectivity index (χ2n) is 3.68. The van der Waals surface area contributed by atoms with E-state index in [4.69, 9.17) is 16.7 Å². The van der Waals surface area contributed by atoms with Gasteiger partial charge in [-0.25, -0.2) is 4.79 Å². The van der Waals surface area contributed by atoms with Crippen molar-refractivity contribution in [3.63, 3.8) is 0 Å². The molecule has 0 unspecified atom stereocenters. The molecule has 88 valence electrons. The standard InChI is InChI=1S/C11H8ClNO4/c1-5(11(16)17)13-9(14)7-3-2-6(12)4-8(7)10(13)15/h2-5H,1H3,(H,16,17)/t5-/m1/s1. The molecule has 1 heterocycles. The van der Waals surface area contributed by atoms with Crippen LogP contribution in [0.15, 0.2) is 18.2 Å². The fraction of sp³-hybridized carbons (Fsp3) is 0.182. The Balaban J connectivity index is 2.49. The Bertz CT molecular complexity index is 540. The van der Waals surface area contributed by atoms with Crippen LogP contribution in [-0.2, 0) is 4.79 Å². The van der Waals surface area contributed by atoms with Gasteiger partial charge in [-0.05, 0) is 25.1 Å². The highest BCUT2D eigenvalue weighted by atomic mass is 35.5. The predicted octanol–water partition coefficient (Wildman–Crippen LogP) is 1.41. The zero-order valence-electron chi connectivity index (χ0n) is 8.81. The first kappa shape index (κ1) is 11.6. The molecule has 2 amide bonds. The molecule has 0 saturated carbocycles. The van der Waals surface area contributed by atoms with Crippen molar-refractivity contribution in [1.29, 1.82) is 0 Å². The SMILES string of the molecule is C[C@H](C(=O)O)N1C(=O)c2ccc(Cl)cc2C1=O. The van der Waals surface area contributed by atoms with Crippen molar-refractivity contribution < 1.29 is 19.5 Å². The molecule has 1 aliphatic heterocycles. The number of benzene rings is 1. The lowest BCUT2D eigenvalue weighted by Gasteiger charge is -2.17. The molecule has 1 atom stereocenters. The number of rotatable bonds is 2. The zero-order chi connectivity index (χ0) is 12.7. The predicted molar refractivity (Wildman–Crippen MR) is 59.0 cm³/mol. The lowest BCUT2D eigenvalue weighted by atomic mass is 10.1. The Kier molecular flexibility index (Phi) is 2.63. The van der Waals surface area contributed by atoms with Crippen LogP contribution in [0.25, 0.3) is 0 Å². The van der Waals surface area contributed by atoms with E-state index >= 15 is 0 Å². The van der Waals surface area contributed by atoms with E-state index < -0.39 is 23.8 Å². The van der Waals surface area contributed by atoms with Crippen LogP contribution in [0.1, 0.15) is 27.6 Å². The molecule has 1 N–H and O–H groups in total. The minimum Gasteiger partial charge on any atom is -0.480 e. The van der Waals surface area contributed by atoms with E-state index in [0.29, 0.717) is 5.02 Å². The number of aliphatic carboxylic acids is 1. The maximum absolute atomic E-state index is 11.9. The van der Waals surface area contributed by atoms with Gasteiger partial charge >= 0.3 is 5.97 Å². The maximum Gasteiger partial charge on any atom is 0.326 e. The molecule has 1 aromatic carbocycles. The normalized spacial score (nSPS) is 16.0. The molecule has 0 radical (unpaired) electrons. The van der Waals surface area contributed by atoms with Gasteiger partial charge < -0.3 is 5.11 Å². The van der Waals surface area contributed by atoms with Crippen LogP contribution in [0.4, 0.5) is 0 Å². The number of hydrogen-bond donors (Lipinski definition) is 1. The summed E-state index contributed by atoms with van der Waals surface area (Å²) in [6.45, 7) is 1.28. The molecule has 6 heteroatoms. The third-order valence-corrected chi connectivity index (χ3v) is 2.86. The van der Waals surface area contributed by atoms with E-state index in [0.717, 1.165) is 4.90 Å². The third kappa shape index (κ3) is 1.68. The van der Waals surface area contributed by atoms with Crippen LogP contribution in [0.2, 0.25) is 5.02 Å². The first-order chi connectivity index (χ1) is 7.93. The van der Waals surface area contributed by atoms with Crippen LogP contribution >= 0.6 is 11.6 Å². The molecular formula is C11H8ClNO4. The van der Waals surface area contributed by atoms with Gasteiger partial charge in [-0.15, -0.1) is 0 Å². The summed E-state index contributed by atoms with van der Waals surface area (Å²) in [4.78, 5) is 35.3. The van der Waals surface area contributed by atoms with E-state index in [2.05, 4.69) is 0 Å². The highest BCUT2D eigenvalue weighted by Gasteiger charge is 2.40. The number of carboxylic acid groups (broad SMARTS) is 1. The van der Waals surface area contributed by atoms with Gasteiger partial charge in [0.05, 0.1) is 11.1 Å². The fourth-order valence-corrected chi connectivity index (χ4v) is 1.87. The van der Waals surface area contributed by atoms with Crippen molar-refractivity contribution in [2.24, 2.45) is 0 Å². The summed E-state index contributed by atoms with van der Waals surface area (Å²) in [5.41, 5.74) is 0.336. The molecule has 0 saturated heterocycles. The lowest BCUT2D eigenvalue weighted by molar-refractivity contribution is -0.140. The molecule has 0 aromatic heterocycles. The van der Waals surface area contributed by atoms with Gasteiger partial charge in [0.1, 0.15) is 6.04 Å². The van der Waals surface area contributed by atoms with Crippen LogP contribution in [-0.4, -0.2) is 33.8 Å². The van der Waals surface area contributed by atoms with Gasteiger partial charge in [0, 0.05) is 5.02 Å². The van der Waals surface area contributed by atoms with Crippen LogP contribution in [0.5, 0.6) is 0 Å². The minimum absolute atomic E-state index is 0.149. The number of carbonyl (C=O) groups excluding carboxylic acids is 2. The molecule has 0 fully saturated rings. The van der Waals surface area contributed by atoms with Crippen molar-refractivity contribution in [3.8, 4) is 0 Å². The van der Waals surface area contributed by atoms with Gasteiger partial charge in [-0.1, -0.05) is 11.6 Å². The molecule has 1 aromatic rings. The van der Waals surface area contributed by atoms with E-state index in [1.54, 1.807) is 0 Å². The summed E-state index contributed by atoms with van der Waals surface area (Å²) in [5.74, 6) is -2.45. The Morgan fingerprint density at radius 1 is 1.29 bits per heavy atom. The van der Waals surface area contributed by atoms with Gasteiger partial charge in [-0.2, -0.15) is 0 Å².